The molecule has 2 aromatic carbocycles. The Balaban J connectivity index is 2.24. The normalized spacial score (nSPS) is 13.9. The van der Waals surface area contributed by atoms with Crippen LogP contribution in [0.3, 0.4) is 0 Å². The van der Waals surface area contributed by atoms with Gasteiger partial charge in [0.2, 0.25) is 11.6 Å². The third-order valence-corrected chi connectivity index (χ3v) is 4.10. The van der Waals surface area contributed by atoms with Gasteiger partial charge >= 0.3 is 0 Å². The zero-order valence-electron chi connectivity index (χ0n) is 13.2. The molecule has 24 heavy (non-hydrogen) atoms. The Hall–Kier alpha value is -2.86. The lowest BCUT2D eigenvalue weighted by atomic mass is 9.98. The number of aromatic hydroxyl groups is 2. The van der Waals surface area contributed by atoms with Crippen molar-refractivity contribution in [3.63, 3.8) is 0 Å². The van der Waals surface area contributed by atoms with Crippen LogP contribution in [0.4, 0.5) is 0 Å². The largest absolute Gasteiger partial charge is 0.507 e. The molecule has 1 aliphatic rings. The number of ketones is 2. The molecule has 0 radical (unpaired) electrons. The summed E-state index contributed by atoms with van der Waals surface area (Å²) < 4.78 is 5.65. The highest BCUT2D eigenvalue weighted by Crippen LogP contribution is 2.46. The minimum Gasteiger partial charge on any atom is -0.507 e. The van der Waals surface area contributed by atoms with E-state index < -0.39 is 11.6 Å². The molecule has 0 amide bonds. The van der Waals surface area contributed by atoms with Crippen LogP contribution in [0.1, 0.15) is 33.2 Å². The Morgan fingerprint density at radius 2 is 1.67 bits per heavy atom. The van der Waals surface area contributed by atoms with Gasteiger partial charge in [0, 0.05) is 16.8 Å². The van der Waals surface area contributed by atoms with Gasteiger partial charge in [-0.3, -0.25) is 9.59 Å². The van der Waals surface area contributed by atoms with Crippen LogP contribution in [0, 0.1) is 6.92 Å². The average Bonchev–Trinajstić information content (AvgIpc) is 2.79. The Morgan fingerprint density at radius 3 is 2.25 bits per heavy atom. The highest BCUT2D eigenvalue weighted by atomic mass is 16.5. The van der Waals surface area contributed by atoms with Gasteiger partial charge in [0.15, 0.2) is 0 Å². The summed E-state index contributed by atoms with van der Waals surface area (Å²) in [4.78, 5) is 24.2. The number of carbonyl (C=O) groups is 2. The van der Waals surface area contributed by atoms with Crippen molar-refractivity contribution in [2.24, 2.45) is 0 Å². The van der Waals surface area contributed by atoms with Crippen molar-refractivity contribution in [3.8, 4) is 17.2 Å². The molecule has 0 bridgehead atoms. The van der Waals surface area contributed by atoms with Gasteiger partial charge in [0.1, 0.15) is 23.9 Å². The maximum atomic E-state index is 12.1. The maximum Gasteiger partial charge on any atom is 0.238 e. The molecule has 3 N–H and O–H groups in total. The van der Waals surface area contributed by atoms with Crippen LogP contribution >= 0.6 is 0 Å². The number of carbonyl (C=O) groups excluding carboxylic acids is 2. The van der Waals surface area contributed by atoms with Gasteiger partial charge in [-0.15, -0.1) is 0 Å². The van der Waals surface area contributed by atoms with Crippen molar-refractivity contribution in [2.75, 3.05) is 13.2 Å². The Bertz CT molecular complexity index is 903. The van der Waals surface area contributed by atoms with Gasteiger partial charge in [-0.2, -0.15) is 0 Å². The van der Waals surface area contributed by atoms with Crippen molar-refractivity contribution in [1.29, 1.82) is 0 Å². The smallest absolute Gasteiger partial charge is 0.238 e. The van der Waals surface area contributed by atoms with Crippen LogP contribution in [0.15, 0.2) is 23.8 Å². The molecule has 6 heteroatoms. The molecular formula is C18H16O6. The summed E-state index contributed by atoms with van der Waals surface area (Å²) in [6.45, 7) is 3.52. The lowest BCUT2D eigenvalue weighted by Gasteiger charge is -2.13. The molecule has 1 aliphatic carbocycles. The fourth-order valence-corrected chi connectivity index (χ4v) is 2.90. The molecule has 0 atom stereocenters. The molecule has 6 nitrogen and oxygen atoms in total. The number of aryl methyl sites for hydroxylation is 1. The van der Waals surface area contributed by atoms with Gasteiger partial charge in [-0.25, -0.2) is 0 Å². The molecule has 0 saturated carbocycles. The Kier molecular flexibility index (Phi) is 3.77. The van der Waals surface area contributed by atoms with Gasteiger partial charge in [-0.1, -0.05) is 0 Å². The fraction of sp³-hybridized carbons (Fsp3) is 0.222. The summed E-state index contributed by atoms with van der Waals surface area (Å²) in [5.74, 6) is -2.02. The van der Waals surface area contributed by atoms with Crippen molar-refractivity contribution in [1.82, 2.24) is 0 Å². The number of phenolic OH excluding ortho intramolecular Hbond substituents is 2. The number of rotatable bonds is 4. The monoisotopic (exact) mass is 328 g/mol. The van der Waals surface area contributed by atoms with Gasteiger partial charge in [-0.05, 0) is 37.1 Å². The SMILES string of the molecule is C/C(=C/COc1cc(O)c2c3c(c(O)cc(C)c13)C(=O)C2=O)CO. The summed E-state index contributed by atoms with van der Waals surface area (Å²) in [5.41, 5.74) is 1.15. The van der Waals surface area contributed by atoms with Crippen molar-refractivity contribution < 1.29 is 29.6 Å². The first kappa shape index (κ1) is 16.0. The topological polar surface area (TPSA) is 104 Å². The zero-order valence-corrected chi connectivity index (χ0v) is 13.2. The predicted octanol–water partition coefficient (Wildman–Crippen LogP) is 2.26. The standard InChI is InChI=1S/C18H16O6/c1-8(7-19)3-4-24-12-6-11(21)15-16-13(12)9(2)5-10(20)14(16)17(22)18(15)23/h3,5-6,19-21H,4,7H2,1-2H3/b8-3-. The molecule has 0 fully saturated rings. The average molecular weight is 328 g/mol. The lowest BCUT2D eigenvalue weighted by Crippen LogP contribution is -2.06. The van der Waals surface area contributed by atoms with Crippen molar-refractivity contribution >= 4 is 22.3 Å². The van der Waals surface area contributed by atoms with Crippen molar-refractivity contribution in [2.45, 2.75) is 13.8 Å². The Labute approximate surface area is 137 Å². The van der Waals surface area contributed by atoms with Crippen molar-refractivity contribution in [3.05, 3.63) is 40.5 Å². The molecule has 0 spiro atoms. The molecule has 0 saturated heterocycles. The number of hydrogen-bond donors (Lipinski definition) is 3. The van der Waals surface area contributed by atoms with E-state index in [1.807, 2.05) is 0 Å². The first-order valence-corrected chi connectivity index (χ1v) is 7.37. The first-order chi connectivity index (χ1) is 11.4. The van der Waals surface area contributed by atoms with Crippen LogP contribution in [-0.2, 0) is 0 Å². The molecule has 0 aromatic heterocycles. The predicted molar refractivity (Wildman–Crippen MR) is 87.0 cm³/mol. The van der Waals surface area contributed by atoms with E-state index in [0.717, 1.165) is 5.57 Å². The van der Waals surface area contributed by atoms with E-state index in [2.05, 4.69) is 0 Å². The van der Waals surface area contributed by atoms with E-state index in [1.165, 1.54) is 12.1 Å². The molecular weight excluding hydrogens is 312 g/mol. The van der Waals surface area contributed by atoms with E-state index in [9.17, 15) is 19.8 Å². The van der Waals surface area contributed by atoms with E-state index in [-0.39, 0.29) is 41.2 Å². The number of aliphatic hydroxyl groups is 1. The molecule has 0 unspecified atom stereocenters. The highest BCUT2D eigenvalue weighted by Gasteiger charge is 2.37. The minimum atomic E-state index is -0.837. The van der Waals surface area contributed by atoms with Crippen LogP contribution in [-0.4, -0.2) is 40.1 Å². The number of phenols is 2. The number of hydrogen-bond acceptors (Lipinski definition) is 6. The van der Waals surface area contributed by atoms with Crippen LogP contribution in [0.5, 0.6) is 17.2 Å². The summed E-state index contributed by atoms with van der Waals surface area (Å²) >= 11 is 0. The van der Waals surface area contributed by atoms with Crippen LogP contribution in [0.25, 0.3) is 10.8 Å². The maximum absolute atomic E-state index is 12.1. The second kappa shape index (κ2) is 5.65. The van der Waals surface area contributed by atoms with E-state index in [0.29, 0.717) is 16.7 Å². The summed E-state index contributed by atoms with van der Waals surface area (Å²) in [5, 5.41) is 29.9. The second-order valence-corrected chi connectivity index (χ2v) is 5.78. The van der Waals surface area contributed by atoms with Crippen LogP contribution < -0.4 is 4.74 Å². The van der Waals surface area contributed by atoms with E-state index in [1.54, 1.807) is 19.9 Å². The van der Waals surface area contributed by atoms with Gasteiger partial charge in [0.25, 0.3) is 0 Å². The number of ether oxygens (including phenoxy) is 1. The molecule has 0 aliphatic heterocycles. The Morgan fingerprint density at radius 1 is 1.08 bits per heavy atom. The highest BCUT2D eigenvalue weighted by molar-refractivity contribution is 6.58. The van der Waals surface area contributed by atoms with E-state index in [4.69, 9.17) is 9.84 Å². The second-order valence-electron chi connectivity index (χ2n) is 5.78. The quantitative estimate of drug-likeness (QED) is 0.587. The summed E-state index contributed by atoms with van der Waals surface area (Å²) in [6.07, 6.45) is 1.68. The third-order valence-electron chi connectivity index (χ3n) is 4.10. The zero-order chi connectivity index (χ0) is 17.6. The molecule has 124 valence electrons. The summed E-state index contributed by atoms with van der Waals surface area (Å²) in [6, 6.07) is 2.70. The fourth-order valence-electron chi connectivity index (χ4n) is 2.90. The summed E-state index contributed by atoms with van der Waals surface area (Å²) in [7, 11) is 0. The third kappa shape index (κ3) is 2.23. The number of benzene rings is 2. The molecule has 0 heterocycles. The van der Waals surface area contributed by atoms with Crippen LogP contribution in [0.2, 0.25) is 0 Å². The lowest BCUT2D eigenvalue weighted by molar-refractivity contribution is 0.0822. The number of aliphatic hydroxyl groups excluding tert-OH is 1. The van der Waals surface area contributed by atoms with Gasteiger partial charge in [0.05, 0.1) is 17.7 Å². The molecule has 3 rings (SSSR count). The van der Waals surface area contributed by atoms with E-state index >= 15 is 0 Å². The number of Topliss-reactive ketones (excluding diaryl/α,β-unsaturated/α-hetero) is 2. The molecule has 2 aromatic rings. The van der Waals surface area contributed by atoms with Gasteiger partial charge < -0.3 is 20.1 Å². The first-order valence-electron chi connectivity index (χ1n) is 7.37. The minimum absolute atomic E-state index is 0.0889.